The Hall–Kier alpha value is -1.46. The van der Waals surface area contributed by atoms with Crippen LogP contribution in [0.25, 0.3) is 0 Å². The van der Waals surface area contributed by atoms with Crippen molar-refractivity contribution in [3.63, 3.8) is 0 Å². The van der Waals surface area contributed by atoms with Crippen molar-refractivity contribution >= 4 is 11.8 Å². The third-order valence-corrected chi connectivity index (χ3v) is 13.5. The smallest absolute Gasteiger partial charge is 0.311 e. The average Bonchev–Trinajstić information content (AvgIpc) is 3.98. The highest BCUT2D eigenvalue weighted by Gasteiger charge is 2.58. The molecule has 0 aromatic rings. The second-order valence-corrected chi connectivity index (χ2v) is 18.1. The molecular formula is C41H71NO17. The number of hydrogen-bond donors (Lipinski definition) is 6. The Morgan fingerprint density at radius 3 is 1.95 bits per heavy atom. The van der Waals surface area contributed by atoms with Crippen molar-refractivity contribution in [2.24, 2.45) is 29.6 Å². The minimum absolute atomic E-state index is 0.140. The highest BCUT2D eigenvalue weighted by Crippen LogP contribution is 2.44. The van der Waals surface area contributed by atoms with Gasteiger partial charge in [-0.2, -0.15) is 0 Å². The number of carbonyl (C=O) groups excluding carboxylic acids is 2. The van der Waals surface area contributed by atoms with E-state index in [9.17, 15) is 40.2 Å². The molecule has 0 saturated carbocycles. The van der Waals surface area contributed by atoms with E-state index >= 15 is 0 Å². The molecule has 1 spiro atoms. The van der Waals surface area contributed by atoms with E-state index in [1.807, 2.05) is 39.8 Å². The number of rotatable bonds is 9. The van der Waals surface area contributed by atoms with Gasteiger partial charge >= 0.3 is 5.97 Å². The molecular weight excluding hydrogens is 778 g/mol. The lowest BCUT2D eigenvalue weighted by molar-refractivity contribution is -0.357. The van der Waals surface area contributed by atoms with E-state index in [1.54, 1.807) is 34.6 Å². The van der Waals surface area contributed by atoms with Crippen molar-refractivity contribution in [1.29, 1.82) is 0 Å². The molecule has 5 heterocycles. The first-order chi connectivity index (χ1) is 27.7. The van der Waals surface area contributed by atoms with Gasteiger partial charge in [0.2, 0.25) is 0 Å². The summed E-state index contributed by atoms with van der Waals surface area (Å²) in [6.45, 7) is 13.6. The molecule has 0 aromatic heterocycles. The molecule has 0 bridgehead atoms. The van der Waals surface area contributed by atoms with Crippen LogP contribution in [0.15, 0.2) is 0 Å². The fraction of sp³-hybridized carbons (Fsp3) is 0.951. The number of carbonyl (C=O) groups is 2. The van der Waals surface area contributed by atoms with Crippen LogP contribution in [0.3, 0.4) is 0 Å². The number of ketones is 1. The number of cyclic esters (lactones) is 1. The fourth-order valence-corrected chi connectivity index (χ4v) is 9.36. The van der Waals surface area contributed by atoms with E-state index in [0.29, 0.717) is 6.42 Å². The summed E-state index contributed by atoms with van der Waals surface area (Å²) in [5.74, 6) is -4.43. The number of hydrogen-bond acceptors (Lipinski definition) is 18. The lowest BCUT2D eigenvalue weighted by atomic mass is 9.76. The van der Waals surface area contributed by atoms with Crippen LogP contribution in [0, 0.1) is 29.6 Å². The number of methoxy groups -OCH3 is 1. The normalized spacial score (nSPS) is 50.7. The predicted molar refractivity (Wildman–Crippen MR) is 206 cm³/mol. The standard InChI is InChI=1S/C41H71NO17/c1-17-14-41(16-52-41)37(49)20(4)29(44)19(3)23(7)55-38(50)22(6)35(57-28-13-26(51-11)30(45)24(8)54-28)21(5)34(17)58-40-36(25(42(9)10)12-18(2)53-40)59-39-33(48)32(47)31(46)27(15-43)56-39/h17-36,39-40,43-48H,12-16H2,1-11H3/t17-,18+,19-,20+,21+,22+,23+,24-,25-,26-,27+,28-,29-,30-,31+,32-,33+,34-,35-,36+,39?,40-,41+/m0/s1. The number of esters is 1. The summed E-state index contributed by atoms with van der Waals surface area (Å²) in [5, 5.41) is 64.2. The molecule has 5 saturated heterocycles. The van der Waals surface area contributed by atoms with E-state index in [2.05, 4.69) is 0 Å². The van der Waals surface area contributed by atoms with E-state index in [-0.39, 0.29) is 31.3 Å². The molecule has 5 aliphatic rings. The summed E-state index contributed by atoms with van der Waals surface area (Å²) in [4.78, 5) is 30.2. The summed E-state index contributed by atoms with van der Waals surface area (Å²) < 4.78 is 56.1. The Morgan fingerprint density at radius 1 is 0.712 bits per heavy atom. The van der Waals surface area contributed by atoms with Gasteiger partial charge in [0.25, 0.3) is 0 Å². The van der Waals surface area contributed by atoms with Gasteiger partial charge in [-0.05, 0) is 60.5 Å². The zero-order valence-electron chi connectivity index (χ0n) is 36.4. The van der Waals surface area contributed by atoms with Gasteiger partial charge in [-0.25, -0.2) is 0 Å². The van der Waals surface area contributed by atoms with Crippen LogP contribution in [-0.2, 0) is 52.2 Å². The summed E-state index contributed by atoms with van der Waals surface area (Å²) in [7, 11) is 5.18. The number of aliphatic hydroxyl groups excluding tert-OH is 6. The molecule has 59 heavy (non-hydrogen) atoms. The molecule has 1 unspecified atom stereocenters. The minimum atomic E-state index is -1.69. The molecule has 342 valence electrons. The van der Waals surface area contributed by atoms with Crippen molar-refractivity contribution in [3.8, 4) is 0 Å². The highest BCUT2D eigenvalue weighted by molar-refractivity contribution is 5.92. The van der Waals surface area contributed by atoms with Gasteiger partial charge < -0.3 is 78.2 Å². The van der Waals surface area contributed by atoms with Crippen LogP contribution < -0.4 is 0 Å². The molecule has 0 aromatic carbocycles. The lowest BCUT2D eigenvalue weighted by Gasteiger charge is -2.49. The molecule has 6 N–H and O–H groups in total. The van der Waals surface area contributed by atoms with Crippen molar-refractivity contribution in [2.75, 3.05) is 34.4 Å². The number of likely N-dealkylation sites (N-methyl/N-ethyl adjacent to an activating group) is 1. The zero-order valence-corrected chi connectivity index (χ0v) is 36.4. The van der Waals surface area contributed by atoms with Gasteiger partial charge in [-0.3, -0.25) is 9.59 Å². The Morgan fingerprint density at radius 2 is 1.36 bits per heavy atom. The largest absolute Gasteiger partial charge is 0.462 e. The number of aliphatic hydroxyl groups is 6. The van der Waals surface area contributed by atoms with Gasteiger partial charge in [0.1, 0.15) is 42.7 Å². The van der Waals surface area contributed by atoms with Crippen LogP contribution in [0.5, 0.6) is 0 Å². The third-order valence-electron chi connectivity index (χ3n) is 13.5. The van der Waals surface area contributed by atoms with Crippen molar-refractivity contribution in [1.82, 2.24) is 4.90 Å². The van der Waals surface area contributed by atoms with Crippen LogP contribution >= 0.6 is 0 Å². The monoisotopic (exact) mass is 849 g/mol. The maximum Gasteiger partial charge on any atom is 0.311 e. The number of nitrogens with zero attached hydrogens (tertiary/aromatic N) is 1. The maximum absolute atomic E-state index is 14.2. The second kappa shape index (κ2) is 19.9. The van der Waals surface area contributed by atoms with Gasteiger partial charge in [-0.1, -0.05) is 27.7 Å². The average molecular weight is 850 g/mol. The molecule has 5 fully saturated rings. The Balaban J connectivity index is 1.56. The van der Waals surface area contributed by atoms with E-state index < -0.39 is 146 Å². The number of epoxide rings is 1. The summed E-state index contributed by atoms with van der Waals surface area (Å²) in [6.07, 6.45) is -16.3. The molecule has 0 amide bonds. The second-order valence-electron chi connectivity index (χ2n) is 18.1. The van der Waals surface area contributed by atoms with Crippen LogP contribution in [-0.4, -0.2) is 192 Å². The van der Waals surface area contributed by atoms with Crippen molar-refractivity contribution < 1.29 is 82.9 Å². The first kappa shape index (κ1) is 48.6. The summed E-state index contributed by atoms with van der Waals surface area (Å²) >= 11 is 0. The third kappa shape index (κ3) is 10.5. The summed E-state index contributed by atoms with van der Waals surface area (Å²) in [5.41, 5.74) is -1.21. The van der Waals surface area contributed by atoms with Crippen molar-refractivity contribution in [2.45, 2.75) is 185 Å². The molecule has 18 heteroatoms. The van der Waals surface area contributed by atoms with Crippen LogP contribution in [0.1, 0.15) is 74.7 Å². The van der Waals surface area contributed by atoms with Crippen LogP contribution in [0.2, 0.25) is 0 Å². The lowest BCUT2D eigenvalue weighted by Crippen LogP contribution is -2.63. The van der Waals surface area contributed by atoms with Crippen molar-refractivity contribution in [3.05, 3.63) is 0 Å². The first-order valence-electron chi connectivity index (χ1n) is 21.2. The SMILES string of the molecule is CO[C@H]1C[C@H](O[C@H]2[C@H](C)[C@@H](O[C@@H]3O[C@H](C)C[C@H](N(C)C)[C@H]3OC3O[C@H](CO)[C@@H](O)[C@H](O)[C@H]3O)[C@@H](C)C[C@@]3(CO3)C(=O)[C@H](C)[C@@H](O)[C@@H](C)[C@@H](C)OC(=O)[C@@H]2C)O[C@@H](C)[C@@H]1O. The quantitative estimate of drug-likeness (QED) is 0.129. The predicted octanol–water partition coefficient (Wildman–Crippen LogP) is -0.267. The highest BCUT2D eigenvalue weighted by atomic mass is 16.8. The Labute approximate surface area is 347 Å². The van der Waals surface area contributed by atoms with E-state index in [1.165, 1.54) is 7.11 Å². The molecule has 23 atom stereocenters. The number of ether oxygens (including phenoxy) is 9. The van der Waals surface area contributed by atoms with Gasteiger partial charge in [0.15, 0.2) is 30.3 Å². The Kier molecular flexibility index (Phi) is 16.4. The summed E-state index contributed by atoms with van der Waals surface area (Å²) in [6, 6.07) is -0.402. The zero-order chi connectivity index (χ0) is 43.8. The Bertz CT molecular complexity index is 1380. The topological polar surface area (TPSA) is 245 Å². The number of Topliss-reactive ketones (excluding diaryl/α,β-unsaturated/α-hetero) is 1. The molecule has 5 rings (SSSR count). The minimum Gasteiger partial charge on any atom is -0.462 e. The van der Waals surface area contributed by atoms with Gasteiger partial charge in [-0.15, -0.1) is 0 Å². The molecule has 0 radical (unpaired) electrons. The first-order valence-corrected chi connectivity index (χ1v) is 21.2. The van der Waals surface area contributed by atoms with Crippen LogP contribution in [0.4, 0.5) is 0 Å². The molecule has 5 aliphatic heterocycles. The molecule has 18 nitrogen and oxygen atoms in total. The van der Waals surface area contributed by atoms with Gasteiger partial charge in [0.05, 0.1) is 55.8 Å². The molecule has 0 aliphatic carbocycles. The fourth-order valence-electron chi connectivity index (χ4n) is 9.36. The maximum atomic E-state index is 14.2. The van der Waals surface area contributed by atoms with E-state index in [0.717, 1.165) is 0 Å². The van der Waals surface area contributed by atoms with Gasteiger partial charge in [0, 0.05) is 37.3 Å². The van der Waals surface area contributed by atoms with E-state index in [4.69, 9.17) is 42.6 Å².